The van der Waals surface area contributed by atoms with Gasteiger partial charge in [-0.1, -0.05) is 12.1 Å². The second kappa shape index (κ2) is 6.29. The van der Waals surface area contributed by atoms with E-state index in [0.717, 1.165) is 0 Å². The molecule has 1 aromatic carbocycles. The predicted octanol–water partition coefficient (Wildman–Crippen LogP) is 2.51. The largest absolute Gasteiger partial charge is 0.433 e. The summed E-state index contributed by atoms with van der Waals surface area (Å²) >= 11 is 1.23. The van der Waals surface area contributed by atoms with Crippen LogP contribution in [0.25, 0.3) is 0 Å². The summed E-state index contributed by atoms with van der Waals surface area (Å²) < 4.78 is 28.8. The number of ether oxygens (including phenoxy) is 1. The van der Waals surface area contributed by atoms with Crippen molar-refractivity contribution in [1.29, 1.82) is 0 Å². The van der Waals surface area contributed by atoms with Gasteiger partial charge in [-0.2, -0.15) is 8.78 Å². The molecule has 1 heterocycles. The predicted molar refractivity (Wildman–Crippen MR) is 71.9 cm³/mol. The molecule has 0 aliphatic heterocycles. The van der Waals surface area contributed by atoms with Crippen molar-refractivity contribution in [2.24, 2.45) is 0 Å². The molecule has 0 spiro atoms. The number of hydrogen-bond donors (Lipinski definition) is 2. The summed E-state index contributed by atoms with van der Waals surface area (Å²) in [5.41, 5.74) is 6.16. The van der Waals surface area contributed by atoms with Gasteiger partial charge in [-0.25, -0.2) is 4.98 Å². The van der Waals surface area contributed by atoms with Crippen molar-refractivity contribution >= 4 is 28.1 Å². The topological polar surface area (TPSA) is 77.2 Å². The molecule has 106 valence electrons. The molecule has 8 heteroatoms. The maximum absolute atomic E-state index is 12.2. The molecule has 20 heavy (non-hydrogen) atoms. The minimum atomic E-state index is -2.95. The zero-order chi connectivity index (χ0) is 14.5. The van der Waals surface area contributed by atoms with Crippen LogP contribution < -0.4 is 15.8 Å². The average molecular weight is 299 g/mol. The summed E-state index contributed by atoms with van der Waals surface area (Å²) in [5, 5.41) is 4.53. The Morgan fingerprint density at radius 2 is 2.20 bits per heavy atom. The number of aromatic nitrogens is 1. The molecule has 1 amide bonds. The fourth-order valence-corrected chi connectivity index (χ4v) is 2.09. The number of para-hydroxylation sites is 2. The van der Waals surface area contributed by atoms with Crippen LogP contribution in [0.5, 0.6) is 5.75 Å². The van der Waals surface area contributed by atoms with Crippen LogP contribution in [0.3, 0.4) is 0 Å². The standard InChI is InChI=1S/C12H11F2N3O2S/c13-11(14)19-9-4-2-1-3-8(9)17-10(18)5-7-6-20-12(15)16-7/h1-4,6,11H,5H2,(H2,15,16)(H,17,18). The highest BCUT2D eigenvalue weighted by atomic mass is 32.1. The SMILES string of the molecule is Nc1nc(CC(=O)Nc2ccccc2OC(F)F)cs1. The van der Waals surface area contributed by atoms with Crippen LogP contribution in [0.2, 0.25) is 0 Å². The third-order valence-electron chi connectivity index (χ3n) is 2.29. The molecule has 3 N–H and O–H groups in total. The van der Waals surface area contributed by atoms with Crippen LogP contribution in [0, 0.1) is 0 Å². The molecular weight excluding hydrogens is 288 g/mol. The van der Waals surface area contributed by atoms with Crippen molar-refractivity contribution in [3.05, 3.63) is 35.3 Å². The van der Waals surface area contributed by atoms with Gasteiger partial charge in [0.25, 0.3) is 0 Å². The smallest absolute Gasteiger partial charge is 0.387 e. The molecule has 0 saturated heterocycles. The second-order valence-corrected chi connectivity index (χ2v) is 4.67. The van der Waals surface area contributed by atoms with E-state index in [1.807, 2.05) is 0 Å². The van der Waals surface area contributed by atoms with E-state index in [-0.39, 0.29) is 23.8 Å². The molecule has 0 aliphatic rings. The number of rotatable bonds is 5. The monoisotopic (exact) mass is 299 g/mol. The van der Waals surface area contributed by atoms with Crippen LogP contribution in [0.4, 0.5) is 19.6 Å². The summed E-state index contributed by atoms with van der Waals surface area (Å²) in [4.78, 5) is 15.7. The van der Waals surface area contributed by atoms with Gasteiger partial charge < -0.3 is 15.8 Å². The lowest BCUT2D eigenvalue weighted by Crippen LogP contribution is -2.16. The number of nitrogens with two attached hydrogens (primary N) is 1. The lowest BCUT2D eigenvalue weighted by atomic mass is 10.2. The Labute approximate surface area is 117 Å². The molecule has 2 rings (SSSR count). The minimum Gasteiger partial charge on any atom is -0.433 e. The van der Waals surface area contributed by atoms with Crippen molar-refractivity contribution in [1.82, 2.24) is 4.98 Å². The number of nitrogens with one attached hydrogen (secondary N) is 1. The highest BCUT2D eigenvalue weighted by molar-refractivity contribution is 7.13. The van der Waals surface area contributed by atoms with E-state index in [2.05, 4.69) is 15.0 Å². The first-order valence-corrected chi connectivity index (χ1v) is 6.46. The molecular formula is C12H11F2N3O2S. The maximum Gasteiger partial charge on any atom is 0.387 e. The third kappa shape index (κ3) is 3.89. The zero-order valence-electron chi connectivity index (χ0n) is 10.2. The van der Waals surface area contributed by atoms with E-state index >= 15 is 0 Å². The molecule has 0 atom stereocenters. The van der Waals surface area contributed by atoms with E-state index < -0.39 is 6.61 Å². The summed E-state index contributed by atoms with van der Waals surface area (Å²) in [6.45, 7) is -2.95. The number of benzene rings is 1. The Morgan fingerprint density at radius 1 is 1.45 bits per heavy atom. The van der Waals surface area contributed by atoms with Crippen molar-refractivity contribution in [2.45, 2.75) is 13.0 Å². The van der Waals surface area contributed by atoms with Crippen LogP contribution in [0.15, 0.2) is 29.6 Å². The Morgan fingerprint density at radius 3 is 2.85 bits per heavy atom. The molecule has 2 aromatic rings. The number of nitrogens with zero attached hydrogens (tertiary/aromatic N) is 1. The van der Waals surface area contributed by atoms with Gasteiger partial charge in [0, 0.05) is 5.38 Å². The second-order valence-electron chi connectivity index (χ2n) is 3.78. The lowest BCUT2D eigenvalue weighted by molar-refractivity contribution is -0.115. The van der Waals surface area contributed by atoms with Crippen molar-refractivity contribution in [3.63, 3.8) is 0 Å². The van der Waals surface area contributed by atoms with Gasteiger partial charge in [0.05, 0.1) is 17.8 Å². The first-order valence-electron chi connectivity index (χ1n) is 5.58. The first kappa shape index (κ1) is 14.2. The molecule has 0 saturated carbocycles. The number of carbonyl (C=O) groups is 1. The van der Waals surface area contributed by atoms with E-state index in [4.69, 9.17) is 5.73 Å². The summed E-state index contributed by atoms with van der Waals surface area (Å²) in [6, 6.07) is 5.97. The van der Waals surface area contributed by atoms with E-state index in [1.54, 1.807) is 11.4 Å². The molecule has 1 aromatic heterocycles. The van der Waals surface area contributed by atoms with Crippen molar-refractivity contribution in [3.8, 4) is 5.75 Å². The molecule has 0 unspecified atom stereocenters. The number of hydrogen-bond acceptors (Lipinski definition) is 5. The normalized spacial score (nSPS) is 10.6. The number of carbonyl (C=O) groups excluding carboxylic acids is 1. The number of thiazole rings is 1. The van der Waals surface area contributed by atoms with Gasteiger partial charge in [-0.3, -0.25) is 4.79 Å². The fourth-order valence-electron chi connectivity index (χ4n) is 1.53. The Balaban J connectivity index is 2.04. The Kier molecular flexibility index (Phi) is 4.46. The Hall–Kier alpha value is -2.22. The molecule has 0 bridgehead atoms. The van der Waals surface area contributed by atoms with Gasteiger partial charge in [0.2, 0.25) is 5.91 Å². The molecule has 0 fully saturated rings. The number of halogens is 2. The molecule has 0 aliphatic carbocycles. The van der Waals surface area contributed by atoms with Crippen molar-refractivity contribution < 1.29 is 18.3 Å². The van der Waals surface area contributed by atoms with Crippen LogP contribution in [0.1, 0.15) is 5.69 Å². The zero-order valence-corrected chi connectivity index (χ0v) is 11.0. The van der Waals surface area contributed by atoms with Crippen molar-refractivity contribution in [2.75, 3.05) is 11.1 Å². The third-order valence-corrected chi connectivity index (χ3v) is 3.01. The summed E-state index contributed by atoms with van der Waals surface area (Å²) in [7, 11) is 0. The highest BCUT2D eigenvalue weighted by Gasteiger charge is 2.12. The highest BCUT2D eigenvalue weighted by Crippen LogP contribution is 2.25. The van der Waals surface area contributed by atoms with Gasteiger partial charge in [0.1, 0.15) is 5.75 Å². The number of anilines is 2. The number of alkyl halides is 2. The van der Waals surface area contributed by atoms with Crippen LogP contribution in [-0.4, -0.2) is 17.5 Å². The molecule has 5 nitrogen and oxygen atoms in total. The average Bonchev–Trinajstić information content (AvgIpc) is 2.76. The van der Waals surface area contributed by atoms with Gasteiger partial charge in [-0.05, 0) is 12.1 Å². The minimum absolute atomic E-state index is 0.0106. The van der Waals surface area contributed by atoms with Gasteiger partial charge in [0.15, 0.2) is 5.13 Å². The lowest BCUT2D eigenvalue weighted by Gasteiger charge is -2.11. The fraction of sp³-hybridized carbons (Fsp3) is 0.167. The quantitative estimate of drug-likeness (QED) is 0.889. The van der Waals surface area contributed by atoms with Gasteiger partial charge >= 0.3 is 6.61 Å². The first-order chi connectivity index (χ1) is 9.54. The van der Waals surface area contributed by atoms with Crippen LogP contribution >= 0.6 is 11.3 Å². The number of nitrogen functional groups attached to an aromatic ring is 1. The van der Waals surface area contributed by atoms with E-state index in [0.29, 0.717) is 10.8 Å². The summed E-state index contributed by atoms with van der Waals surface area (Å²) in [6.07, 6.45) is 0.0106. The summed E-state index contributed by atoms with van der Waals surface area (Å²) in [5.74, 6) is -0.478. The van der Waals surface area contributed by atoms with Gasteiger partial charge in [-0.15, -0.1) is 11.3 Å². The van der Waals surface area contributed by atoms with Crippen LogP contribution in [-0.2, 0) is 11.2 Å². The van der Waals surface area contributed by atoms with E-state index in [1.165, 1.54) is 29.5 Å². The number of amides is 1. The molecule has 0 radical (unpaired) electrons. The maximum atomic E-state index is 12.2. The Bertz CT molecular complexity index is 604. The van der Waals surface area contributed by atoms with E-state index in [9.17, 15) is 13.6 Å².